The van der Waals surface area contributed by atoms with Crippen molar-refractivity contribution in [3.05, 3.63) is 62.0 Å². The molecule has 0 saturated heterocycles. The molecular formula is C17H15IN7O3S-. The second kappa shape index (κ2) is 7.59. The van der Waals surface area contributed by atoms with Crippen molar-refractivity contribution in [2.75, 3.05) is 14.1 Å². The first-order valence-electron chi connectivity index (χ1n) is 8.54. The van der Waals surface area contributed by atoms with Crippen molar-refractivity contribution in [1.82, 2.24) is 23.0 Å². The maximum absolute atomic E-state index is 13.1. The molecule has 2 aromatic heterocycles. The molecule has 0 bridgehead atoms. The summed E-state index contributed by atoms with van der Waals surface area (Å²) in [5, 5.41) is 12.3. The molecular weight excluding hydrogens is 509 g/mol. The third kappa shape index (κ3) is 3.42. The number of hydrogen-bond donors (Lipinski definition) is 1. The van der Waals surface area contributed by atoms with Gasteiger partial charge in [-0.1, -0.05) is 0 Å². The summed E-state index contributed by atoms with van der Waals surface area (Å²) >= 11 is 4.27. The normalized spacial score (nSPS) is 16.6. The van der Waals surface area contributed by atoms with E-state index in [1.54, 1.807) is 23.2 Å². The third-order valence-corrected chi connectivity index (χ3v) is 6.82. The van der Waals surface area contributed by atoms with Gasteiger partial charge in [-0.05, 0) is 0 Å². The van der Waals surface area contributed by atoms with Gasteiger partial charge in [-0.25, -0.2) is 0 Å². The predicted octanol–water partition coefficient (Wildman–Crippen LogP) is -1.89. The number of hydrogen-bond acceptors (Lipinski definition) is 7. The van der Waals surface area contributed by atoms with Crippen molar-refractivity contribution in [1.29, 1.82) is 0 Å². The van der Waals surface area contributed by atoms with Crippen LogP contribution in [0.4, 0.5) is 0 Å². The van der Waals surface area contributed by atoms with Gasteiger partial charge in [0.05, 0.1) is 0 Å². The van der Waals surface area contributed by atoms with Gasteiger partial charge in [0.1, 0.15) is 0 Å². The molecule has 10 nitrogen and oxygen atoms in total. The number of nitrogens with zero attached hydrogens (tertiary/aromatic N) is 6. The Balaban J connectivity index is 1.88. The number of fused-ring (bicyclic) bond motifs is 3. The zero-order chi connectivity index (χ0) is 20.7. The number of halogens is 1. The average Bonchev–Trinajstić information content (AvgIpc) is 3.01. The number of pyridine rings is 1. The molecule has 1 aliphatic heterocycles. The van der Waals surface area contributed by atoms with Gasteiger partial charge in [0.2, 0.25) is 0 Å². The Morgan fingerprint density at radius 3 is 2.97 bits per heavy atom. The standard InChI is InChI=1S/C17H15IN7O3S/c1-23(2)17(29)22-18-21-13-11-8-9(25(27)28)5-6-12(11)24-15(13)20-14-10(16(24)26)4-3-7-19-14/h3-4,7-8H,5-6H2,1-2H3,(H,22,29)/q-1. The van der Waals surface area contributed by atoms with Crippen LogP contribution in [-0.2, 0) is 0 Å². The van der Waals surface area contributed by atoms with Crippen LogP contribution >= 0.6 is 12.2 Å². The Hall–Kier alpha value is -2.74. The number of rotatable bonds is 3. The molecule has 0 radical (unpaired) electrons. The number of thiocarbonyl (C=S) groups is 1. The van der Waals surface area contributed by atoms with Crippen LogP contribution in [0.2, 0.25) is 0 Å². The van der Waals surface area contributed by atoms with Crippen molar-refractivity contribution < 1.29 is 26.7 Å². The summed E-state index contributed by atoms with van der Waals surface area (Å²) in [4.78, 5) is 34.5. The van der Waals surface area contributed by atoms with E-state index in [9.17, 15) is 14.9 Å². The molecule has 0 unspecified atom stereocenters. The second-order valence-corrected chi connectivity index (χ2v) is 8.41. The molecule has 0 spiro atoms. The molecule has 150 valence electrons. The summed E-state index contributed by atoms with van der Waals surface area (Å²) < 4.78 is 9.25. The molecule has 3 heterocycles. The fraction of sp³-hybridized carbons (Fsp3) is 0.235. The molecule has 0 atom stereocenters. The van der Waals surface area contributed by atoms with Gasteiger partial charge >= 0.3 is 182 Å². The number of aromatic nitrogens is 3. The summed E-state index contributed by atoms with van der Waals surface area (Å²) in [7, 11) is 3.65. The first kappa shape index (κ1) is 19.6. The Labute approximate surface area is 181 Å². The van der Waals surface area contributed by atoms with Crippen molar-refractivity contribution in [3.8, 4) is 0 Å². The molecule has 29 heavy (non-hydrogen) atoms. The summed E-state index contributed by atoms with van der Waals surface area (Å²) in [6.07, 6.45) is 3.68. The van der Waals surface area contributed by atoms with Crippen LogP contribution in [0.5, 0.6) is 0 Å². The molecule has 2 aromatic rings. The monoisotopic (exact) mass is 524 g/mol. The van der Waals surface area contributed by atoms with Crippen LogP contribution in [0.3, 0.4) is 0 Å². The second-order valence-electron chi connectivity index (χ2n) is 6.52. The molecule has 1 N–H and O–H groups in total. The average molecular weight is 524 g/mol. The Bertz CT molecular complexity index is 1220. The van der Waals surface area contributed by atoms with Crippen molar-refractivity contribution >= 4 is 39.8 Å². The van der Waals surface area contributed by atoms with Crippen molar-refractivity contribution in [2.24, 2.45) is 3.21 Å². The number of nitrogens with one attached hydrogen (secondary N) is 1. The van der Waals surface area contributed by atoms with E-state index in [0.29, 0.717) is 45.4 Å². The van der Waals surface area contributed by atoms with Gasteiger partial charge in [-0.3, -0.25) is 0 Å². The molecule has 4 rings (SSSR count). The topological polar surface area (TPSA) is 119 Å². The molecule has 12 heteroatoms. The Morgan fingerprint density at radius 2 is 2.24 bits per heavy atom. The molecule has 2 aliphatic rings. The minimum atomic E-state index is -0.960. The minimum absolute atomic E-state index is 0.0926. The molecule has 1 aliphatic carbocycles. The van der Waals surface area contributed by atoms with Crippen LogP contribution in [-0.4, -0.2) is 49.3 Å². The van der Waals surface area contributed by atoms with Gasteiger partial charge in [0.25, 0.3) is 0 Å². The zero-order valence-corrected chi connectivity index (χ0v) is 18.4. The molecule has 0 fully saturated rings. The van der Waals surface area contributed by atoms with E-state index in [4.69, 9.17) is 12.2 Å². The fourth-order valence-electron chi connectivity index (χ4n) is 3.10. The van der Waals surface area contributed by atoms with Crippen molar-refractivity contribution in [2.45, 2.75) is 12.8 Å². The quantitative estimate of drug-likeness (QED) is 0.163. The van der Waals surface area contributed by atoms with E-state index in [1.165, 1.54) is 10.6 Å². The fourth-order valence-corrected chi connectivity index (χ4v) is 4.86. The third-order valence-electron chi connectivity index (χ3n) is 4.51. The van der Waals surface area contributed by atoms with E-state index in [2.05, 4.69) is 16.7 Å². The first-order chi connectivity index (χ1) is 13.9. The van der Waals surface area contributed by atoms with E-state index in [-0.39, 0.29) is 17.7 Å². The van der Waals surface area contributed by atoms with Gasteiger partial charge in [0, 0.05) is 0 Å². The Morgan fingerprint density at radius 1 is 1.45 bits per heavy atom. The van der Waals surface area contributed by atoms with Crippen LogP contribution in [0.1, 0.15) is 18.7 Å². The SMILES string of the molecule is CN(C)C(=S)N[I-]N=C1C2=C(CCC([N+](=O)[O-])=C2)n2c1nc1ncccc1c2=O. The van der Waals surface area contributed by atoms with Gasteiger partial charge < -0.3 is 0 Å². The van der Waals surface area contributed by atoms with E-state index in [0.717, 1.165) is 0 Å². The van der Waals surface area contributed by atoms with Crippen LogP contribution in [0, 0.1) is 10.1 Å². The molecule has 0 saturated carbocycles. The molecule has 0 aromatic carbocycles. The van der Waals surface area contributed by atoms with E-state index in [1.807, 2.05) is 14.1 Å². The van der Waals surface area contributed by atoms with Crippen LogP contribution in [0.15, 0.2) is 43.7 Å². The summed E-state index contributed by atoms with van der Waals surface area (Å²) in [5.74, 6) is 0.365. The number of allylic oxidation sites excluding steroid dienone is 4. The van der Waals surface area contributed by atoms with Gasteiger partial charge in [-0.2, -0.15) is 0 Å². The summed E-state index contributed by atoms with van der Waals surface area (Å²) in [6, 6.07) is 3.35. The van der Waals surface area contributed by atoms with Crippen molar-refractivity contribution in [3.63, 3.8) is 0 Å². The van der Waals surface area contributed by atoms with Gasteiger partial charge in [0.15, 0.2) is 0 Å². The predicted molar refractivity (Wildman–Crippen MR) is 107 cm³/mol. The Kier molecular flexibility index (Phi) is 5.12. The zero-order valence-electron chi connectivity index (χ0n) is 15.4. The maximum atomic E-state index is 13.1. The summed E-state index contributed by atoms with van der Waals surface area (Å²) in [5.41, 5.74) is 1.89. The van der Waals surface area contributed by atoms with Gasteiger partial charge in [-0.15, -0.1) is 0 Å². The van der Waals surface area contributed by atoms with E-state index < -0.39 is 26.7 Å². The van der Waals surface area contributed by atoms with Crippen LogP contribution in [0.25, 0.3) is 16.7 Å². The number of nitro groups is 1. The first-order valence-corrected chi connectivity index (χ1v) is 11.0. The van der Waals surface area contributed by atoms with Crippen LogP contribution < -0.4 is 30.8 Å². The summed E-state index contributed by atoms with van der Waals surface area (Å²) in [6.45, 7) is 0. The molecule has 0 amide bonds. The van der Waals surface area contributed by atoms with E-state index >= 15 is 0 Å².